The fraction of sp³-hybridized carbons (Fsp3) is 0.769. The first-order chi connectivity index (χ1) is 16.5. The number of ether oxygens (including phenoxy) is 1. The largest absolute Gasteiger partial charge is 0.416 e. The molecule has 9 heteroatoms. The first-order valence-corrected chi connectivity index (χ1v) is 12.9. The lowest BCUT2D eigenvalue weighted by molar-refractivity contribution is -0.145. The van der Waals surface area contributed by atoms with Crippen molar-refractivity contribution in [2.45, 2.75) is 71.6 Å². The van der Waals surface area contributed by atoms with Gasteiger partial charge in [0.05, 0.1) is 17.6 Å². The molecule has 1 N–H and O–H groups in total. The van der Waals surface area contributed by atoms with Crippen LogP contribution < -0.4 is 10.2 Å². The second-order valence-electron chi connectivity index (χ2n) is 11.0. The van der Waals surface area contributed by atoms with Gasteiger partial charge in [0.15, 0.2) is 0 Å². The van der Waals surface area contributed by atoms with E-state index in [1.54, 1.807) is 6.92 Å². The van der Waals surface area contributed by atoms with E-state index in [-0.39, 0.29) is 17.2 Å². The molecule has 1 aliphatic carbocycles. The summed E-state index contributed by atoms with van der Waals surface area (Å²) in [6, 6.07) is 2.94. The summed E-state index contributed by atoms with van der Waals surface area (Å²) in [5, 5.41) is 3.83. The molecule has 3 fully saturated rings. The molecule has 2 unspecified atom stereocenters. The number of nitrogens with zero attached hydrogens (tertiary/aromatic N) is 3. The average molecular weight is 497 g/mol. The van der Waals surface area contributed by atoms with Crippen molar-refractivity contribution in [1.82, 2.24) is 15.2 Å². The molecular formula is C26H39F3N4O2. The Balaban J connectivity index is 1.40. The Morgan fingerprint density at radius 3 is 2.54 bits per heavy atom. The Hall–Kier alpha value is -1.87. The number of halogens is 3. The number of rotatable bonds is 5. The number of carbonyl (C=O) groups excluding carboxylic acids is 1. The molecule has 1 aromatic rings. The van der Waals surface area contributed by atoms with Crippen LogP contribution in [0.15, 0.2) is 12.1 Å². The molecule has 0 spiro atoms. The lowest BCUT2D eigenvalue weighted by Gasteiger charge is -2.42. The van der Waals surface area contributed by atoms with Gasteiger partial charge in [0.1, 0.15) is 5.82 Å². The highest BCUT2D eigenvalue weighted by Gasteiger charge is 2.50. The summed E-state index contributed by atoms with van der Waals surface area (Å²) in [5.74, 6) is 1.22. The number of carbonyl (C=O) groups is 1. The maximum Gasteiger partial charge on any atom is 0.416 e. The standard InChI is InChI=1S/C26H39F3N4O2/c1-17(2)25(7-5-21(15-25)31-22-6-12-35-16-18(22)3)24(34)33-10-8-32(9-11-33)23-14-20(26(27,28)29)13-19(4)30-23/h13-14,17-18,21-22,31H,5-12,15-16H2,1-4H3/t18?,21-,22?,25+/m1/s1. The molecule has 1 saturated carbocycles. The van der Waals surface area contributed by atoms with Crippen LogP contribution in [-0.4, -0.2) is 67.3 Å². The van der Waals surface area contributed by atoms with Gasteiger partial charge in [0.25, 0.3) is 0 Å². The maximum absolute atomic E-state index is 13.8. The minimum Gasteiger partial charge on any atom is -0.381 e. The number of amides is 1. The number of aromatic nitrogens is 1. The van der Waals surface area contributed by atoms with E-state index in [0.29, 0.717) is 55.7 Å². The van der Waals surface area contributed by atoms with Gasteiger partial charge in [-0.1, -0.05) is 20.8 Å². The number of aryl methyl sites for hydroxylation is 1. The molecule has 0 bridgehead atoms. The van der Waals surface area contributed by atoms with Crippen LogP contribution in [0, 0.1) is 24.2 Å². The molecule has 0 aromatic carbocycles. The average Bonchev–Trinajstić information content (AvgIpc) is 3.24. The van der Waals surface area contributed by atoms with Crippen LogP contribution >= 0.6 is 0 Å². The first kappa shape index (κ1) is 26.2. The zero-order valence-electron chi connectivity index (χ0n) is 21.3. The zero-order valence-corrected chi connectivity index (χ0v) is 21.3. The van der Waals surface area contributed by atoms with E-state index in [9.17, 15) is 18.0 Å². The highest BCUT2D eigenvalue weighted by Crippen LogP contribution is 2.46. The molecule has 0 radical (unpaired) electrons. The molecular weight excluding hydrogens is 457 g/mol. The van der Waals surface area contributed by atoms with Gasteiger partial charge in [-0.25, -0.2) is 4.98 Å². The predicted molar refractivity (Wildman–Crippen MR) is 129 cm³/mol. The van der Waals surface area contributed by atoms with Gasteiger partial charge in [0, 0.05) is 50.6 Å². The highest BCUT2D eigenvalue weighted by atomic mass is 19.4. The molecule has 1 aromatic heterocycles. The molecule has 1 amide bonds. The predicted octanol–water partition coefficient (Wildman–Crippen LogP) is 4.27. The smallest absolute Gasteiger partial charge is 0.381 e. The monoisotopic (exact) mass is 496 g/mol. The van der Waals surface area contributed by atoms with Crippen LogP contribution in [0.25, 0.3) is 0 Å². The Morgan fingerprint density at radius 1 is 1.20 bits per heavy atom. The van der Waals surface area contributed by atoms with Gasteiger partial charge in [-0.3, -0.25) is 4.79 Å². The quantitative estimate of drug-likeness (QED) is 0.660. The van der Waals surface area contributed by atoms with Gasteiger partial charge in [-0.2, -0.15) is 13.2 Å². The molecule has 2 aliphatic heterocycles. The maximum atomic E-state index is 13.8. The number of hydrogen-bond donors (Lipinski definition) is 1. The summed E-state index contributed by atoms with van der Waals surface area (Å²) in [5.41, 5.74) is -0.727. The number of hydrogen-bond acceptors (Lipinski definition) is 5. The van der Waals surface area contributed by atoms with E-state index < -0.39 is 11.7 Å². The molecule has 2 saturated heterocycles. The second kappa shape index (κ2) is 10.2. The molecule has 35 heavy (non-hydrogen) atoms. The number of alkyl halides is 3. The van der Waals surface area contributed by atoms with E-state index in [2.05, 4.69) is 31.1 Å². The molecule has 4 atom stereocenters. The molecule has 4 rings (SSSR count). The van der Waals surface area contributed by atoms with Crippen molar-refractivity contribution in [2.24, 2.45) is 17.3 Å². The van der Waals surface area contributed by atoms with Crippen LogP contribution in [0.2, 0.25) is 0 Å². The van der Waals surface area contributed by atoms with Crippen molar-refractivity contribution >= 4 is 11.7 Å². The summed E-state index contributed by atoms with van der Waals surface area (Å²) in [6.45, 7) is 11.6. The van der Waals surface area contributed by atoms with Crippen LogP contribution in [0.1, 0.15) is 57.7 Å². The van der Waals surface area contributed by atoms with Crippen molar-refractivity contribution in [3.63, 3.8) is 0 Å². The summed E-state index contributed by atoms with van der Waals surface area (Å²) >= 11 is 0. The number of pyridine rings is 1. The van der Waals surface area contributed by atoms with Crippen LogP contribution in [0.4, 0.5) is 19.0 Å². The fourth-order valence-corrected chi connectivity index (χ4v) is 6.04. The van der Waals surface area contributed by atoms with Crippen molar-refractivity contribution in [3.05, 3.63) is 23.4 Å². The molecule has 3 aliphatic rings. The van der Waals surface area contributed by atoms with Gasteiger partial charge >= 0.3 is 6.18 Å². The molecule has 196 valence electrons. The van der Waals surface area contributed by atoms with E-state index in [1.807, 2.05) is 9.80 Å². The van der Waals surface area contributed by atoms with Gasteiger partial charge in [-0.15, -0.1) is 0 Å². The van der Waals surface area contributed by atoms with E-state index in [4.69, 9.17) is 4.74 Å². The fourth-order valence-electron chi connectivity index (χ4n) is 6.04. The normalized spacial score (nSPS) is 30.2. The van der Waals surface area contributed by atoms with Gasteiger partial charge in [-0.05, 0) is 56.6 Å². The van der Waals surface area contributed by atoms with Crippen LogP contribution in [0.5, 0.6) is 0 Å². The van der Waals surface area contributed by atoms with Crippen molar-refractivity contribution in [1.29, 1.82) is 0 Å². The Morgan fingerprint density at radius 2 is 1.91 bits per heavy atom. The third-order valence-electron chi connectivity index (χ3n) is 8.33. The number of anilines is 1. The summed E-state index contributed by atoms with van der Waals surface area (Å²) < 4.78 is 45.4. The SMILES string of the molecule is Cc1cc(C(F)(F)F)cc(N2CCN(C(=O)[C@@]3(C(C)C)CC[C@@H](NC4CCOCC4C)C3)CC2)n1. The summed E-state index contributed by atoms with van der Waals surface area (Å²) in [4.78, 5) is 22.0. The third-order valence-corrected chi connectivity index (χ3v) is 8.33. The van der Waals surface area contributed by atoms with E-state index in [1.165, 1.54) is 0 Å². The Kier molecular flexibility index (Phi) is 7.67. The first-order valence-electron chi connectivity index (χ1n) is 12.9. The second-order valence-corrected chi connectivity index (χ2v) is 11.0. The van der Waals surface area contributed by atoms with Gasteiger partial charge in [0.2, 0.25) is 5.91 Å². The third kappa shape index (κ3) is 5.61. The summed E-state index contributed by atoms with van der Waals surface area (Å²) in [7, 11) is 0. The summed E-state index contributed by atoms with van der Waals surface area (Å²) in [6.07, 6.45) is -0.707. The lowest BCUT2D eigenvalue weighted by atomic mass is 9.74. The van der Waals surface area contributed by atoms with Crippen molar-refractivity contribution in [3.8, 4) is 0 Å². The Labute approximate surface area is 206 Å². The van der Waals surface area contributed by atoms with E-state index >= 15 is 0 Å². The van der Waals surface area contributed by atoms with Crippen molar-refractivity contribution < 1.29 is 22.7 Å². The topological polar surface area (TPSA) is 57.7 Å². The van der Waals surface area contributed by atoms with Gasteiger partial charge < -0.3 is 19.9 Å². The molecule has 6 nitrogen and oxygen atoms in total. The number of piperazine rings is 1. The zero-order chi connectivity index (χ0) is 25.4. The van der Waals surface area contributed by atoms with E-state index in [0.717, 1.165) is 51.0 Å². The minimum absolute atomic E-state index is 0.199. The lowest BCUT2D eigenvalue weighted by Crippen LogP contribution is -2.54. The number of nitrogens with one attached hydrogen (secondary N) is 1. The highest BCUT2D eigenvalue weighted by molar-refractivity contribution is 5.84. The molecule has 3 heterocycles. The van der Waals surface area contributed by atoms with Crippen molar-refractivity contribution in [2.75, 3.05) is 44.3 Å². The Bertz CT molecular complexity index is 901. The van der Waals surface area contributed by atoms with Crippen LogP contribution in [-0.2, 0) is 15.7 Å². The van der Waals surface area contributed by atoms with Crippen LogP contribution in [0.3, 0.4) is 0 Å². The minimum atomic E-state index is -4.40.